The van der Waals surface area contributed by atoms with E-state index in [4.69, 9.17) is 9.72 Å². The van der Waals surface area contributed by atoms with Crippen molar-refractivity contribution >= 4 is 35.0 Å². The van der Waals surface area contributed by atoms with E-state index in [1.54, 1.807) is 17.2 Å². The number of rotatable bonds is 20. The third kappa shape index (κ3) is 12.4. The van der Waals surface area contributed by atoms with E-state index in [-0.39, 0.29) is 53.8 Å². The molecule has 0 spiro atoms. The van der Waals surface area contributed by atoms with Gasteiger partial charge in [-0.15, -0.1) is 11.3 Å². The van der Waals surface area contributed by atoms with E-state index < -0.39 is 30.1 Å². The molecular weight excluding hydrogens is 667 g/mol. The van der Waals surface area contributed by atoms with Crippen LogP contribution in [0.25, 0.3) is 0 Å². The van der Waals surface area contributed by atoms with Crippen LogP contribution < -0.4 is 10.6 Å². The van der Waals surface area contributed by atoms with Crippen LogP contribution >= 0.6 is 11.3 Å². The number of amides is 3. The fourth-order valence-corrected chi connectivity index (χ4v) is 7.60. The highest BCUT2D eigenvalue weighted by atomic mass is 32.1. The van der Waals surface area contributed by atoms with Crippen LogP contribution in [-0.2, 0) is 25.5 Å². The average Bonchev–Trinajstić information content (AvgIpc) is 3.60. The van der Waals surface area contributed by atoms with E-state index in [1.807, 2.05) is 65.2 Å². The summed E-state index contributed by atoms with van der Waals surface area (Å²) < 4.78 is 6.34. The monoisotopic (exact) mass is 727 g/mol. The van der Waals surface area contributed by atoms with Crippen molar-refractivity contribution in [2.75, 3.05) is 27.2 Å². The number of aliphatic carboxylic acids is 1. The molecule has 3 rings (SSSR count). The maximum absolute atomic E-state index is 14.2. The van der Waals surface area contributed by atoms with Crippen molar-refractivity contribution in [1.82, 2.24) is 25.4 Å². The lowest BCUT2D eigenvalue weighted by Crippen LogP contribution is -2.58. The number of hydrogen-bond acceptors (Lipinski definition) is 8. The van der Waals surface area contributed by atoms with Gasteiger partial charge in [0.25, 0.3) is 5.91 Å². The van der Waals surface area contributed by atoms with Gasteiger partial charge >= 0.3 is 5.97 Å². The van der Waals surface area contributed by atoms with Crippen LogP contribution in [-0.4, -0.2) is 95.0 Å². The normalized spacial score (nSPS) is 18.6. The molecule has 1 fully saturated rings. The number of nitrogens with one attached hydrogen (secondary N) is 2. The van der Waals surface area contributed by atoms with Gasteiger partial charge < -0.3 is 25.4 Å². The minimum absolute atomic E-state index is 0.0537. The number of benzene rings is 1. The van der Waals surface area contributed by atoms with Crippen molar-refractivity contribution < 1.29 is 29.0 Å². The number of likely N-dealkylation sites (N-methyl/N-ethyl adjacent to an activating group) is 2. The van der Waals surface area contributed by atoms with Crippen LogP contribution in [0.2, 0.25) is 0 Å². The molecule has 7 unspecified atom stereocenters. The molecule has 12 heteroatoms. The number of carbonyl (C=O) groups excluding carboxylic acids is 3. The second-order valence-electron chi connectivity index (χ2n) is 14.6. The molecule has 11 nitrogen and oxygen atoms in total. The van der Waals surface area contributed by atoms with E-state index in [2.05, 4.69) is 29.4 Å². The fourth-order valence-electron chi connectivity index (χ4n) is 6.74. The van der Waals surface area contributed by atoms with Gasteiger partial charge in [-0.05, 0) is 63.1 Å². The van der Waals surface area contributed by atoms with Crippen LogP contribution in [0, 0.1) is 17.8 Å². The minimum atomic E-state index is -0.910. The van der Waals surface area contributed by atoms with Crippen molar-refractivity contribution in [3.63, 3.8) is 0 Å². The molecule has 2 aromatic rings. The summed E-state index contributed by atoms with van der Waals surface area (Å²) in [6.45, 7) is 13.2. The van der Waals surface area contributed by atoms with E-state index in [0.29, 0.717) is 24.5 Å². The third-order valence-electron chi connectivity index (χ3n) is 10.2. The Labute approximate surface area is 308 Å². The molecule has 1 aliphatic rings. The lowest BCUT2D eigenvalue weighted by molar-refractivity contribution is -0.141. The second kappa shape index (κ2) is 20.6. The summed E-state index contributed by atoms with van der Waals surface area (Å²) in [6, 6.07) is 8.17. The molecule has 7 atom stereocenters. The maximum Gasteiger partial charge on any atom is 0.306 e. The predicted molar refractivity (Wildman–Crippen MR) is 202 cm³/mol. The molecule has 51 heavy (non-hydrogen) atoms. The van der Waals surface area contributed by atoms with Crippen LogP contribution in [0.15, 0.2) is 35.7 Å². The molecule has 0 bridgehead atoms. The van der Waals surface area contributed by atoms with Crippen LogP contribution in [0.5, 0.6) is 0 Å². The molecular formula is C39H61N5O6S. The van der Waals surface area contributed by atoms with Gasteiger partial charge in [0.05, 0.1) is 12.0 Å². The van der Waals surface area contributed by atoms with Gasteiger partial charge in [-0.2, -0.15) is 0 Å². The number of carboxylic acid groups (broad SMARTS) is 1. The lowest BCUT2D eigenvalue weighted by atomic mass is 9.92. The van der Waals surface area contributed by atoms with Gasteiger partial charge in [0.1, 0.15) is 22.8 Å². The van der Waals surface area contributed by atoms with Crippen molar-refractivity contribution in [3.05, 3.63) is 52.0 Å². The van der Waals surface area contributed by atoms with Gasteiger partial charge in [-0.3, -0.25) is 24.1 Å². The maximum atomic E-state index is 14.2. The zero-order valence-corrected chi connectivity index (χ0v) is 32.7. The first-order chi connectivity index (χ1) is 24.3. The second-order valence-corrected chi connectivity index (χ2v) is 15.5. The van der Waals surface area contributed by atoms with Crippen molar-refractivity contribution in [1.29, 1.82) is 0 Å². The van der Waals surface area contributed by atoms with Gasteiger partial charge in [0, 0.05) is 37.5 Å². The number of piperidine rings is 1. The largest absolute Gasteiger partial charge is 0.481 e. The first-order valence-corrected chi connectivity index (χ1v) is 19.6. The van der Waals surface area contributed by atoms with E-state index >= 15 is 0 Å². The third-order valence-corrected chi connectivity index (χ3v) is 11.1. The first-order valence-electron chi connectivity index (χ1n) is 18.7. The molecule has 1 aromatic heterocycles. The van der Waals surface area contributed by atoms with E-state index in [9.17, 15) is 24.3 Å². The smallest absolute Gasteiger partial charge is 0.306 e. The molecule has 1 saturated heterocycles. The number of carboxylic acids is 1. The number of thiazole rings is 1. The number of likely N-dealkylation sites (tertiary alicyclic amines) is 1. The predicted octanol–water partition coefficient (Wildman–Crippen LogP) is 5.95. The highest BCUT2D eigenvalue weighted by Gasteiger charge is 2.37. The van der Waals surface area contributed by atoms with Crippen LogP contribution in [0.3, 0.4) is 0 Å². The highest BCUT2D eigenvalue weighted by Crippen LogP contribution is 2.31. The molecule has 2 heterocycles. The van der Waals surface area contributed by atoms with Crippen LogP contribution in [0.4, 0.5) is 0 Å². The summed E-state index contributed by atoms with van der Waals surface area (Å²) in [5.41, 5.74) is 1.25. The van der Waals surface area contributed by atoms with Crippen molar-refractivity contribution in [2.24, 2.45) is 17.8 Å². The Hall–Kier alpha value is -3.35. The Bertz CT molecular complexity index is 1400. The summed E-state index contributed by atoms with van der Waals surface area (Å²) in [5, 5.41) is 18.1. The minimum Gasteiger partial charge on any atom is -0.481 e. The molecule has 3 N–H and O–H groups in total. The number of carbonyl (C=O) groups is 4. The summed E-state index contributed by atoms with van der Waals surface area (Å²) in [7, 11) is 3.78. The van der Waals surface area contributed by atoms with Gasteiger partial charge in [-0.25, -0.2) is 4.98 Å². The van der Waals surface area contributed by atoms with Crippen molar-refractivity contribution in [2.45, 2.75) is 123 Å². The average molecular weight is 728 g/mol. The molecule has 3 amide bonds. The number of ether oxygens (including phenoxy) is 1. The molecule has 0 aliphatic carbocycles. The molecule has 0 radical (unpaired) electrons. The van der Waals surface area contributed by atoms with Crippen LogP contribution in [0.1, 0.15) is 114 Å². The Morgan fingerprint density at radius 1 is 1.06 bits per heavy atom. The topological polar surface area (TPSA) is 141 Å². The lowest BCUT2D eigenvalue weighted by Gasteiger charge is -2.38. The van der Waals surface area contributed by atoms with Gasteiger partial charge in [0.2, 0.25) is 11.8 Å². The Kier molecular flexibility index (Phi) is 17.0. The highest BCUT2D eigenvalue weighted by molar-refractivity contribution is 7.09. The molecule has 1 aromatic carbocycles. The SMILES string of the molecule is CCCOC(CC(C(C)C)N(C)C(=O)C(NC(=O)C1CCCCN1C)C(C)CC)c1nc(C(=O)NC(Cc2ccccc2)CC(C)C(=O)O)cs1. The quantitative estimate of drug-likeness (QED) is 0.152. The molecule has 1 aliphatic heterocycles. The number of nitrogens with zero attached hydrogens (tertiary/aromatic N) is 3. The first kappa shape index (κ1) is 42.1. The zero-order chi connectivity index (χ0) is 37.7. The standard InChI is InChI=1S/C39H61N5O6S/c1-9-20-50-33(37-41-30(24-51-37)35(45)40-29(21-27(6)39(48)49)22-28-16-12-11-13-17-28)23-32(25(3)4)44(8)38(47)34(26(5)10-2)42-36(46)31-18-14-15-19-43(31)7/h11-13,16-17,24-27,29,31-34H,9-10,14-15,18-23H2,1-8H3,(H,40,45)(H,42,46)(H,48,49). The van der Waals surface area contributed by atoms with Gasteiger partial charge in [-0.1, -0.05) is 84.7 Å². The number of aromatic nitrogens is 1. The summed E-state index contributed by atoms with van der Waals surface area (Å²) in [6.07, 6.45) is 5.16. The fraction of sp³-hybridized carbons (Fsp3) is 0.667. The number of hydrogen-bond donors (Lipinski definition) is 3. The Balaban J connectivity index is 1.80. The summed E-state index contributed by atoms with van der Waals surface area (Å²) in [5.74, 6) is -2.11. The molecule has 0 saturated carbocycles. The van der Waals surface area contributed by atoms with E-state index in [0.717, 1.165) is 44.2 Å². The summed E-state index contributed by atoms with van der Waals surface area (Å²) >= 11 is 1.34. The Morgan fingerprint density at radius 3 is 2.37 bits per heavy atom. The van der Waals surface area contributed by atoms with E-state index in [1.165, 1.54) is 11.3 Å². The summed E-state index contributed by atoms with van der Waals surface area (Å²) in [4.78, 5) is 61.4. The van der Waals surface area contributed by atoms with Gasteiger partial charge in [0.15, 0.2) is 0 Å². The Morgan fingerprint density at radius 2 is 1.76 bits per heavy atom. The van der Waals surface area contributed by atoms with Crippen molar-refractivity contribution in [3.8, 4) is 0 Å². The molecule has 284 valence electrons. The zero-order valence-electron chi connectivity index (χ0n) is 31.9.